The van der Waals surface area contributed by atoms with E-state index in [-0.39, 0.29) is 12.1 Å². The summed E-state index contributed by atoms with van der Waals surface area (Å²) in [5.41, 5.74) is 0.426. The zero-order valence-corrected chi connectivity index (χ0v) is 15.7. The molecule has 0 saturated carbocycles. The van der Waals surface area contributed by atoms with Gasteiger partial charge in [-0.15, -0.1) is 0 Å². The van der Waals surface area contributed by atoms with Crippen molar-refractivity contribution >= 4 is 23.4 Å². The van der Waals surface area contributed by atoms with Crippen molar-refractivity contribution < 1.29 is 14.3 Å². The summed E-state index contributed by atoms with van der Waals surface area (Å²) in [5.74, 6) is 0.771. The third kappa shape index (κ3) is 5.48. The van der Waals surface area contributed by atoms with Crippen molar-refractivity contribution in [2.24, 2.45) is 0 Å². The highest BCUT2D eigenvalue weighted by molar-refractivity contribution is 6.30. The molecule has 1 aromatic carbocycles. The minimum absolute atomic E-state index is 0.233. The molecule has 1 aromatic rings. The normalized spacial score (nSPS) is 18.7. The molecule has 1 unspecified atom stereocenters. The summed E-state index contributed by atoms with van der Waals surface area (Å²) in [4.78, 5) is 14.0. The highest BCUT2D eigenvalue weighted by Crippen LogP contribution is 2.29. The van der Waals surface area contributed by atoms with E-state index in [1.807, 2.05) is 39.0 Å². The maximum Gasteiger partial charge on any atom is 0.410 e. The summed E-state index contributed by atoms with van der Waals surface area (Å²) in [5, 5.41) is 4.17. The number of hydrogen-bond acceptors (Lipinski definition) is 4. The van der Waals surface area contributed by atoms with Gasteiger partial charge in [0.1, 0.15) is 11.4 Å². The molecule has 1 fully saturated rings. The number of rotatable bonds is 3. The molecular weight excluding hydrogens is 328 g/mol. The minimum atomic E-state index is -0.463. The summed E-state index contributed by atoms with van der Waals surface area (Å²) in [6.07, 6.45) is 2.53. The third-order valence-corrected chi connectivity index (χ3v) is 4.14. The van der Waals surface area contributed by atoms with Crippen molar-refractivity contribution in [1.29, 1.82) is 0 Å². The second kappa shape index (κ2) is 7.97. The van der Waals surface area contributed by atoms with Gasteiger partial charge in [0.2, 0.25) is 0 Å². The van der Waals surface area contributed by atoms with Crippen LogP contribution in [-0.4, -0.2) is 42.8 Å². The molecular formula is C18H27ClN2O3. The molecule has 1 saturated heterocycles. The lowest BCUT2D eigenvalue weighted by molar-refractivity contribution is 0.0256. The number of anilines is 1. The second-order valence-corrected chi connectivity index (χ2v) is 7.52. The summed E-state index contributed by atoms with van der Waals surface area (Å²) in [7, 11) is 1.64. The number of carbonyl (C=O) groups is 1. The molecule has 0 bridgehead atoms. The van der Waals surface area contributed by atoms with Gasteiger partial charge in [0.25, 0.3) is 0 Å². The molecule has 24 heavy (non-hydrogen) atoms. The van der Waals surface area contributed by atoms with Gasteiger partial charge in [0.15, 0.2) is 0 Å². The highest BCUT2D eigenvalue weighted by Gasteiger charge is 2.25. The molecule has 1 amide bonds. The lowest BCUT2D eigenvalue weighted by Crippen LogP contribution is -2.37. The van der Waals surface area contributed by atoms with Crippen LogP contribution in [0.15, 0.2) is 18.2 Å². The smallest absolute Gasteiger partial charge is 0.410 e. The van der Waals surface area contributed by atoms with Gasteiger partial charge in [0, 0.05) is 24.2 Å². The quantitative estimate of drug-likeness (QED) is 0.865. The van der Waals surface area contributed by atoms with Crippen LogP contribution in [-0.2, 0) is 4.74 Å². The molecule has 1 N–H and O–H groups in total. The molecule has 0 radical (unpaired) electrons. The van der Waals surface area contributed by atoms with Crippen LogP contribution in [0.1, 0.15) is 40.0 Å². The van der Waals surface area contributed by atoms with E-state index in [9.17, 15) is 4.79 Å². The molecule has 1 aliphatic heterocycles. The summed E-state index contributed by atoms with van der Waals surface area (Å²) in [6, 6.07) is 5.80. The van der Waals surface area contributed by atoms with E-state index in [1.165, 1.54) is 0 Å². The first-order valence-corrected chi connectivity index (χ1v) is 8.74. The van der Waals surface area contributed by atoms with Crippen LogP contribution in [0.25, 0.3) is 0 Å². The number of halogens is 1. The van der Waals surface area contributed by atoms with Crippen molar-refractivity contribution in [2.45, 2.75) is 51.7 Å². The Bertz CT molecular complexity index is 572. The number of nitrogens with zero attached hydrogens (tertiary/aromatic N) is 1. The van der Waals surface area contributed by atoms with Gasteiger partial charge in [-0.05, 0) is 58.2 Å². The molecule has 5 nitrogen and oxygen atoms in total. The van der Waals surface area contributed by atoms with Crippen LogP contribution < -0.4 is 10.1 Å². The maximum absolute atomic E-state index is 12.2. The Hall–Kier alpha value is -1.62. The Balaban J connectivity index is 1.96. The van der Waals surface area contributed by atoms with Crippen molar-refractivity contribution in [2.75, 3.05) is 25.5 Å². The standard InChI is InChI=1S/C18H27ClN2O3/c1-18(2,3)24-17(22)21-10-5-6-14(9-11-21)20-15-12-13(19)7-8-16(15)23-4/h7-8,12,14,20H,5-6,9-11H2,1-4H3. The van der Waals surface area contributed by atoms with Crippen molar-refractivity contribution in [3.63, 3.8) is 0 Å². The first-order valence-electron chi connectivity index (χ1n) is 8.36. The van der Waals surface area contributed by atoms with Gasteiger partial charge in [-0.3, -0.25) is 0 Å². The van der Waals surface area contributed by atoms with Crippen LogP contribution in [0, 0.1) is 0 Å². The first-order chi connectivity index (χ1) is 11.3. The van der Waals surface area contributed by atoms with Crippen LogP contribution in [0.5, 0.6) is 5.75 Å². The molecule has 1 heterocycles. The fourth-order valence-electron chi connectivity index (χ4n) is 2.76. The molecule has 6 heteroatoms. The van der Waals surface area contributed by atoms with E-state index in [1.54, 1.807) is 12.0 Å². The van der Waals surface area contributed by atoms with Gasteiger partial charge < -0.3 is 19.7 Å². The van der Waals surface area contributed by atoms with E-state index in [0.29, 0.717) is 11.6 Å². The predicted octanol–water partition coefficient (Wildman–Crippen LogP) is 4.55. The van der Waals surface area contributed by atoms with Crippen LogP contribution in [0.2, 0.25) is 5.02 Å². The summed E-state index contributed by atoms with van der Waals surface area (Å²) < 4.78 is 10.8. The number of hydrogen-bond donors (Lipinski definition) is 1. The Morgan fingerprint density at radius 2 is 2.04 bits per heavy atom. The monoisotopic (exact) mass is 354 g/mol. The van der Waals surface area contributed by atoms with E-state index in [0.717, 1.165) is 37.2 Å². The van der Waals surface area contributed by atoms with Crippen molar-refractivity contribution in [3.05, 3.63) is 23.2 Å². The van der Waals surface area contributed by atoms with Crippen LogP contribution in [0.3, 0.4) is 0 Å². The molecule has 0 spiro atoms. The Morgan fingerprint density at radius 1 is 1.29 bits per heavy atom. The Labute approximate surface area is 149 Å². The number of benzene rings is 1. The van der Waals surface area contributed by atoms with E-state index in [4.69, 9.17) is 21.1 Å². The third-order valence-electron chi connectivity index (χ3n) is 3.90. The number of methoxy groups -OCH3 is 1. The summed E-state index contributed by atoms with van der Waals surface area (Å²) in [6.45, 7) is 7.06. The predicted molar refractivity (Wildman–Crippen MR) is 97.1 cm³/mol. The van der Waals surface area contributed by atoms with E-state index in [2.05, 4.69) is 5.32 Å². The molecule has 2 rings (SSSR count). The molecule has 0 aromatic heterocycles. The second-order valence-electron chi connectivity index (χ2n) is 7.08. The number of amides is 1. The minimum Gasteiger partial charge on any atom is -0.495 e. The van der Waals surface area contributed by atoms with Gasteiger partial charge in [-0.1, -0.05) is 11.6 Å². The zero-order chi connectivity index (χ0) is 17.7. The van der Waals surface area contributed by atoms with Crippen molar-refractivity contribution in [3.8, 4) is 5.75 Å². The molecule has 1 aliphatic rings. The first kappa shape index (κ1) is 18.7. The fraction of sp³-hybridized carbons (Fsp3) is 0.611. The number of carbonyl (C=O) groups excluding carboxylic acids is 1. The average Bonchev–Trinajstić information content (AvgIpc) is 2.71. The molecule has 1 atom stereocenters. The number of ether oxygens (including phenoxy) is 2. The highest BCUT2D eigenvalue weighted by atomic mass is 35.5. The zero-order valence-electron chi connectivity index (χ0n) is 14.9. The number of nitrogens with one attached hydrogen (secondary N) is 1. The van der Waals surface area contributed by atoms with Gasteiger partial charge in [-0.25, -0.2) is 4.79 Å². The van der Waals surface area contributed by atoms with Crippen LogP contribution in [0.4, 0.5) is 10.5 Å². The Morgan fingerprint density at radius 3 is 2.71 bits per heavy atom. The molecule has 0 aliphatic carbocycles. The SMILES string of the molecule is COc1ccc(Cl)cc1NC1CCCN(C(=O)OC(C)(C)C)CC1. The van der Waals surface area contributed by atoms with Gasteiger partial charge >= 0.3 is 6.09 Å². The van der Waals surface area contributed by atoms with Crippen LogP contribution >= 0.6 is 11.6 Å². The largest absolute Gasteiger partial charge is 0.495 e. The number of likely N-dealkylation sites (tertiary alicyclic amines) is 1. The lowest BCUT2D eigenvalue weighted by atomic mass is 10.1. The topological polar surface area (TPSA) is 50.8 Å². The molecule has 134 valence electrons. The van der Waals surface area contributed by atoms with E-state index >= 15 is 0 Å². The van der Waals surface area contributed by atoms with Gasteiger partial charge in [-0.2, -0.15) is 0 Å². The van der Waals surface area contributed by atoms with Gasteiger partial charge in [0.05, 0.1) is 12.8 Å². The Kier molecular flexibility index (Phi) is 6.21. The maximum atomic E-state index is 12.2. The van der Waals surface area contributed by atoms with Crippen molar-refractivity contribution in [1.82, 2.24) is 4.90 Å². The lowest BCUT2D eigenvalue weighted by Gasteiger charge is -2.26. The van der Waals surface area contributed by atoms with E-state index < -0.39 is 5.60 Å². The fourth-order valence-corrected chi connectivity index (χ4v) is 2.93. The average molecular weight is 355 g/mol. The summed E-state index contributed by atoms with van der Waals surface area (Å²) >= 11 is 6.08.